The molecule has 144 valence electrons. The van der Waals surface area contributed by atoms with Crippen LogP contribution in [0.5, 0.6) is 0 Å². The van der Waals surface area contributed by atoms with Crippen LogP contribution in [0.15, 0.2) is 51.5 Å². The van der Waals surface area contributed by atoms with Gasteiger partial charge in [-0.05, 0) is 23.8 Å². The van der Waals surface area contributed by atoms with Gasteiger partial charge in [0.15, 0.2) is 5.76 Å². The lowest BCUT2D eigenvalue weighted by Gasteiger charge is -2.35. The summed E-state index contributed by atoms with van der Waals surface area (Å²) in [5, 5.41) is 13.4. The van der Waals surface area contributed by atoms with Gasteiger partial charge in [-0.1, -0.05) is 29.8 Å². The number of anilines is 1. The smallest absolute Gasteiger partial charge is 0.266 e. The molecule has 1 aliphatic rings. The van der Waals surface area contributed by atoms with Crippen molar-refractivity contribution in [2.75, 3.05) is 38.2 Å². The van der Waals surface area contributed by atoms with Crippen molar-refractivity contribution < 1.29 is 13.6 Å². The Kier molecular flexibility index (Phi) is 5.63. The third-order valence-electron chi connectivity index (χ3n) is 4.67. The monoisotopic (exact) mass is 398 g/mol. The fourth-order valence-corrected chi connectivity index (χ4v) is 3.54. The maximum atomic E-state index is 9.41. The van der Waals surface area contributed by atoms with E-state index < -0.39 is 0 Å². The SMILES string of the molecule is N#Cc1nc(-c2ccco2)oc1NC[C@@H](c1ccccc1Cl)N1CCOCC1. The lowest BCUT2D eigenvalue weighted by atomic mass is 10.0. The number of hydrogen-bond donors (Lipinski definition) is 1. The normalized spacial score (nSPS) is 15.9. The Morgan fingerprint density at radius 1 is 1.21 bits per heavy atom. The van der Waals surface area contributed by atoms with Crippen LogP contribution >= 0.6 is 11.6 Å². The largest absolute Gasteiger partial charge is 0.459 e. The Morgan fingerprint density at radius 2 is 2.04 bits per heavy atom. The predicted octanol–water partition coefficient (Wildman–Crippen LogP) is 3.95. The van der Waals surface area contributed by atoms with E-state index in [1.165, 1.54) is 6.26 Å². The first kappa shape index (κ1) is 18.6. The fourth-order valence-electron chi connectivity index (χ4n) is 3.28. The number of ether oxygens (including phenoxy) is 1. The van der Waals surface area contributed by atoms with Crippen molar-refractivity contribution in [1.29, 1.82) is 5.26 Å². The first-order valence-electron chi connectivity index (χ1n) is 9.01. The van der Waals surface area contributed by atoms with E-state index in [-0.39, 0.29) is 17.6 Å². The van der Waals surface area contributed by atoms with E-state index >= 15 is 0 Å². The van der Waals surface area contributed by atoms with Crippen molar-refractivity contribution in [3.8, 4) is 17.7 Å². The van der Waals surface area contributed by atoms with Gasteiger partial charge in [-0.25, -0.2) is 0 Å². The molecule has 0 saturated carbocycles. The number of rotatable bonds is 6. The molecule has 8 heteroatoms. The van der Waals surface area contributed by atoms with Crippen molar-refractivity contribution in [2.45, 2.75) is 6.04 Å². The minimum atomic E-state index is 0.00121. The second-order valence-electron chi connectivity index (χ2n) is 6.35. The van der Waals surface area contributed by atoms with Crippen LogP contribution in [0.2, 0.25) is 5.02 Å². The molecule has 0 unspecified atom stereocenters. The highest BCUT2D eigenvalue weighted by Crippen LogP contribution is 2.30. The zero-order valence-corrected chi connectivity index (χ0v) is 15.9. The number of nitriles is 1. The molecular weight excluding hydrogens is 380 g/mol. The molecule has 0 bridgehead atoms. The van der Waals surface area contributed by atoms with Crippen LogP contribution in [0.3, 0.4) is 0 Å². The van der Waals surface area contributed by atoms with E-state index in [0.29, 0.717) is 36.4 Å². The van der Waals surface area contributed by atoms with Gasteiger partial charge in [-0.3, -0.25) is 4.90 Å². The summed E-state index contributed by atoms with van der Waals surface area (Å²) in [7, 11) is 0. The maximum absolute atomic E-state index is 9.41. The lowest BCUT2D eigenvalue weighted by molar-refractivity contribution is 0.0186. The van der Waals surface area contributed by atoms with Crippen LogP contribution in [0.1, 0.15) is 17.3 Å². The Balaban J connectivity index is 1.58. The minimum Gasteiger partial charge on any atom is -0.459 e. The molecule has 1 aliphatic heterocycles. The summed E-state index contributed by atoms with van der Waals surface area (Å²) in [6.45, 7) is 3.46. The summed E-state index contributed by atoms with van der Waals surface area (Å²) in [6.07, 6.45) is 1.53. The van der Waals surface area contributed by atoms with E-state index in [4.69, 9.17) is 25.2 Å². The summed E-state index contributed by atoms with van der Waals surface area (Å²) in [5.74, 6) is 1.06. The number of nitrogens with one attached hydrogen (secondary N) is 1. The number of nitrogens with zero attached hydrogens (tertiary/aromatic N) is 3. The Morgan fingerprint density at radius 3 is 2.75 bits per heavy atom. The van der Waals surface area contributed by atoms with Crippen LogP contribution < -0.4 is 5.32 Å². The molecule has 0 aliphatic carbocycles. The number of morpholine rings is 1. The van der Waals surface area contributed by atoms with Crippen molar-refractivity contribution >= 4 is 17.5 Å². The van der Waals surface area contributed by atoms with Crippen molar-refractivity contribution in [1.82, 2.24) is 9.88 Å². The average molecular weight is 399 g/mol. The van der Waals surface area contributed by atoms with E-state index in [2.05, 4.69) is 21.3 Å². The Labute approximate surface area is 167 Å². The van der Waals surface area contributed by atoms with Crippen LogP contribution in [0.4, 0.5) is 5.88 Å². The molecule has 1 saturated heterocycles. The summed E-state index contributed by atoms with van der Waals surface area (Å²) in [4.78, 5) is 6.52. The second kappa shape index (κ2) is 8.48. The summed E-state index contributed by atoms with van der Waals surface area (Å²) < 4.78 is 16.5. The fraction of sp³-hybridized carbons (Fsp3) is 0.300. The zero-order valence-electron chi connectivity index (χ0n) is 15.1. The molecule has 1 fully saturated rings. The number of halogens is 1. The maximum Gasteiger partial charge on any atom is 0.266 e. The van der Waals surface area contributed by atoms with Crippen LogP contribution in [0.25, 0.3) is 11.7 Å². The number of aromatic nitrogens is 1. The number of oxazole rings is 1. The first-order valence-corrected chi connectivity index (χ1v) is 9.39. The summed E-state index contributed by atoms with van der Waals surface area (Å²) >= 11 is 6.46. The molecule has 3 heterocycles. The molecule has 1 atom stereocenters. The molecule has 2 aromatic heterocycles. The number of benzene rings is 1. The molecule has 4 rings (SSSR count). The molecule has 28 heavy (non-hydrogen) atoms. The van der Waals surface area contributed by atoms with Crippen molar-refractivity contribution in [3.05, 3.63) is 58.9 Å². The topological polar surface area (TPSA) is 87.5 Å². The quantitative estimate of drug-likeness (QED) is 0.672. The van der Waals surface area contributed by atoms with Gasteiger partial charge in [0.05, 0.1) is 25.5 Å². The zero-order chi connectivity index (χ0) is 19.3. The predicted molar refractivity (Wildman–Crippen MR) is 104 cm³/mol. The van der Waals surface area contributed by atoms with Gasteiger partial charge < -0.3 is 18.9 Å². The Hall–Kier alpha value is -2.79. The van der Waals surface area contributed by atoms with Gasteiger partial charge in [0.25, 0.3) is 5.89 Å². The van der Waals surface area contributed by atoms with Gasteiger partial charge in [-0.2, -0.15) is 10.2 Å². The van der Waals surface area contributed by atoms with Crippen molar-refractivity contribution in [2.24, 2.45) is 0 Å². The highest BCUT2D eigenvalue weighted by molar-refractivity contribution is 6.31. The highest BCUT2D eigenvalue weighted by atomic mass is 35.5. The van der Waals surface area contributed by atoms with E-state index in [1.54, 1.807) is 12.1 Å². The van der Waals surface area contributed by atoms with Gasteiger partial charge in [0, 0.05) is 24.7 Å². The van der Waals surface area contributed by atoms with Crippen LogP contribution in [-0.2, 0) is 4.74 Å². The molecule has 3 aromatic rings. The summed E-state index contributed by atoms with van der Waals surface area (Å²) in [5.41, 5.74) is 1.20. The third-order valence-corrected chi connectivity index (χ3v) is 5.02. The van der Waals surface area contributed by atoms with Crippen LogP contribution in [0, 0.1) is 11.3 Å². The minimum absolute atomic E-state index is 0.00121. The molecule has 0 radical (unpaired) electrons. The van der Waals surface area contributed by atoms with E-state index in [9.17, 15) is 5.26 Å². The number of hydrogen-bond acceptors (Lipinski definition) is 7. The molecule has 0 spiro atoms. The van der Waals surface area contributed by atoms with E-state index in [1.807, 2.05) is 24.3 Å². The molecule has 7 nitrogen and oxygen atoms in total. The van der Waals surface area contributed by atoms with Gasteiger partial charge in [-0.15, -0.1) is 0 Å². The van der Waals surface area contributed by atoms with Gasteiger partial charge in [0.2, 0.25) is 11.6 Å². The molecular formula is C20H19ClN4O3. The van der Waals surface area contributed by atoms with Gasteiger partial charge in [0.1, 0.15) is 6.07 Å². The average Bonchev–Trinajstić information content (AvgIpc) is 3.40. The van der Waals surface area contributed by atoms with Gasteiger partial charge >= 0.3 is 0 Å². The van der Waals surface area contributed by atoms with Crippen molar-refractivity contribution in [3.63, 3.8) is 0 Å². The summed E-state index contributed by atoms with van der Waals surface area (Å²) in [6, 6.07) is 13.3. The van der Waals surface area contributed by atoms with Crippen LogP contribution in [-0.4, -0.2) is 42.7 Å². The molecule has 1 aromatic carbocycles. The van der Waals surface area contributed by atoms with E-state index in [0.717, 1.165) is 18.7 Å². The molecule has 0 amide bonds. The Bertz CT molecular complexity index is 958. The number of furan rings is 1. The molecule has 1 N–H and O–H groups in total. The lowest BCUT2D eigenvalue weighted by Crippen LogP contribution is -2.41. The standard InChI is InChI=1S/C20H19ClN4O3/c21-15-5-2-1-4-14(15)17(25-7-10-26-11-8-25)13-23-19-16(12-22)24-20(28-19)18-6-3-9-27-18/h1-6,9,17,23H,7-8,10-11,13H2/t17-/m0/s1. The first-order chi connectivity index (χ1) is 13.8. The third kappa shape index (κ3) is 3.90. The highest BCUT2D eigenvalue weighted by Gasteiger charge is 2.25. The second-order valence-corrected chi connectivity index (χ2v) is 6.76.